The summed E-state index contributed by atoms with van der Waals surface area (Å²) < 4.78 is 14.2. The number of halogens is 2. The van der Waals surface area contributed by atoms with Crippen molar-refractivity contribution in [2.75, 3.05) is 37.6 Å². The molecule has 2 amide bonds. The minimum atomic E-state index is -0.563. The number of fused-ring (bicyclic) bond motifs is 1. The van der Waals surface area contributed by atoms with Crippen molar-refractivity contribution in [1.82, 2.24) is 10.2 Å². The molecule has 0 saturated carbocycles. The molecule has 0 aliphatic carbocycles. The Kier molecular flexibility index (Phi) is 7.23. The van der Waals surface area contributed by atoms with Crippen molar-refractivity contribution in [3.63, 3.8) is 0 Å². The van der Waals surface area contributed by atoms with Crippen LogP contribution < -0.4 is 10.2 Å². The molecular weight excluding hydrogens is 441 g/mol. The van der Waals surface area contributed by atoms with Crippen LogP contribution in [-0.4, -0.2) is 49.4 Å². The van der Waals surface area contributed by atoms with Gasteiger partial charge in [0.25, 0.3) is 5.91 Å². The first-order valence-electron chi connectivity index (χ1n) is 11.7. The van der Waals surface area contributed by atoms with Gasteiger partial charge in [-0.15, -0.1) is 0 Å². The summed E-state index contributed by atoms with van der Waals surface area (Å²) in [6, 6.07) is 12.9. The summed E-state index contributed by atoms with van der Waals surface area (Å²) in [7, 11) is 0. The Morgan fingerprint density at radius 3 is 2.45 bits per heavy atom. The molecule has 2 saturated heterocycles. The fraction of sp³-hybridized carbons (Fsp3) is 0.462. The lowest BCUT2D eigenvalue weighted by atomic mass is 10.0. The van der Waals surface area contributed by atoms with E-state index in [9.17, 15) is 14.0 Å². The summed E-state index contributed by atoms with van der Waals surface area (Å²) in [6.45, 7) is 7.49. The Balaban J connectivity index is 1.31. The second-order valence-corrected chi connectivity index (χ2v) is 9.86. The molecule has 0 radical (unpaired) electrons. The number of benzene rings is 2. The molecule has 0 bridgehead atoms. The maximum atomic E-state index is 14.2. The van der Waals surface area contributed by atoms with E-state index < -0.39 is 5.82 Å². The number of anilines is 1. The van der Waals surface area contributed by atoms with Crippen molar-refractivity contribution in [2.45, 2.75) is 26.7 Å². The molecule has 2 heterocycles. The van der Waals surface area contributed by atoms with Gasteiger partial charge in [0, 0.05) is 56.2 Å². The van der Waals surface area contributed by atoms with E-state index in [2.05, 4.69) is 34.5 Å². The second kappa shape index (κ2) is 10.1. The number of hydrogen-bond donors (Lipinski definition) is 1. The summed E-state index contributed by atoms with van der Waals surface area (Å²) in [5.74, 6) is -0.0313. The smallest absolute Gasteiger partial charge is 0.258 e. The predicted molar refractivity (Wildman–Crippen MR) is 129 cm³/mol. The normalized spacial score (nSPS) is 19.8. The minimum Gasteiger partial charge on any atom is -0.371 e. The largest absolute Gasteiger partial charge is 0.371 e. The number of rotatable bonds is 7. The van der Waals surface area contributed by atoms with Crippen molar-refractivity contribution in [3.05, 3.63) is 64.4 Å². The molecule has 176 valence electrons. The van der Waals surface area contributed by atoms with Gasteiger partial charge in [-0.2, -0.15) is 0 Å². The molecule has 0 aromatic heterocycles. The molecule has 2 aliphatic heterocycles. The van der Waals surface area contributed by atoms with Crippen molar-refractivity contribution >= 4 is 29.1 Å². The van der Waals surface area contributed by atoms with Crippen molar-refractivity contribution in [3.8, 4) is 0 Å². The third kappa shape index (κ3) is 5.32. The molecule has 2 fully saturated rings. The average molecular weight is 472 g/mol. The fourth-order valence-electron chi connectivity index (χ4n) is 4.85. The third-order valence-corrected chi connectivity index (χ3v) is 7.01. The van der Waals surface area contributed by atoms with E-state index in [0.29, 0.717) is 31.5 Å². The standard InChI is InChI=1S/C26H31ClFN3O2/c1-17(2)25(32)29-11-5-7-18-6-3-8-21(12-18)30-13-19-15-31(16-20(19)14-30)26(33)24-22(27)9-4-10-23(24)28/h3-4,6,8-10,12,17,19-20H,5,7,11,13-16H2,1-2H3,(H,29,32). The number of aryl methyl sites for hydroxylation is 1. The Morgan fingerprint density at radius 2 is 1.79 bits per heavy atom. The van der Waals surface area contributed by atoms with E-state index in [1.807, 2.05) is 13.8 Å². The van der Waals surface area contributed by atoms with Crippen LogP contribution in [0, 0.1) is 23.6 Å². The van der Waals surface area contributed by atoms with Crippen LogP contribution in [0.3, 0.4) is 0 Å². The highest BCUT2D eigenvalue weighted by Gasteiger charge is 2.42. The highest BCUT2D eigenvalue weighted by atomic mass is 35.5. The van der Waals surface area contributed by atoms with Crippen LogP contribution >= 0.6 is 11.6 Å². The van der Waals surface area contributed by atoms with E-state index in [-0.39, 0.29) is 28.3 Å². The van der Waals surface area contributed by atoms with Crippen molar-refractivity contribution in [2.24, 2.45) is 17.8 Å². The lowest BCUT2D eigenvalue weighted by molar-refractivity contribution is -0.123. The van der Waals surface area contributed by atoms with Gasteiger partial charge in [0.2, 0.25) is 5.91 Å². The topological polar surface area (TPSA) is 52.7 Å². The van der Waals surface area contributed by atoms with Gasteiger partial charge < -0.3 is 15.1 Å². The first kappa shape index (κ1) is 23.6. The Morgan fingerprint density at radius 1 is 1.09 bits per heavy atom. The van der Waals surface area contributed by atoms with Crippen molar-refractivity contribution < 1.29 is 14.0 Å². The Bertz CT molecular complexity index is 994. The van der Waals surface area contributed by atoms with Crippen molar-refractivity contribution in [1.29, 1.82) is 0 Å². The zero-order valence-electron chi connectivity index (χ0n) is 19.2. The molecular formula is C26H31ClFN3O2. The quantitative estimate of drug-likeness (QED) is 0.609. The van der Waals surface area contributed by atoms with Crippen LogP contribution in [0.15, 0.2) is 42.5 Å². The number of hydrogen-bond acceptors (Lipinski definition) is 3. The monoisotopic (exact) mass is 471 g/mol. The van der Waals surface area contributed by atoms with Crippen LogP contribution in [-0.2, 0) is 11.2 Å². The average Bonchev–Trinajstić information content (AvgIpc) is 3.36. The summed E-state index contributed by atoms with van der Waals surface area (Å²) in [5.41, 5.74) is 2.44. The molecule has 2 unspecified atom stereocenters. The summed E-state index contributed by atoms with van der Waals surface area (Å²) >= 11 is 6.10. The number of amides is 2. The molecule has 2 aromatic rings. The molecule has 2 atom stereocenters. The van der Waals surface area contributed by atoms with Gasteiger partial charge in [0.15, 0.2) is 0 Å². The van der Waals surface area contributed by atoms with E-state index in [4.69, 9.17) is 11.6 Å². The molecule has 1 N–H and O–H groups in total. The molecule has 2 aliphatic rings. The summed E-state index contributed by atoms with van der Waals surface area (Å²) in [6.07, 6.45) is 1.82. The number of carbonyl (C=O) groups is 2. The number of nitrogens with zero attached hydrogens (tertiary/aromatic N) is 2. The molecule has 5 nitrogen and oxygen atoms in total. The van der Waals surface area contributed by atoms with Crippen LogP contribution in [0.25, 0.3) is 0 Å². The number of nitrogens with one attached hydrogen (secondary N) is 1. The highest BCUT2D eigenvalue weighted by molar-refractivity contribution is 6.33. The SMILES string of the molecule is CC(C)C(=O)NCCCc1cccc(N2CC3CN(C(=O)c4c(F)cccc4Cl)CC3C2)c1. The second-order valence-electron chi connectivity index (χ2n) is 9.45. The summed E-state index contributed by atoms with van der Waals surface area (Å²) in [4.78, 5) is 28.7. The van der Waals surface area contributed by atoms with Gasteiger partial charge in [-0.25, -0.2) is 4.39 Å². The van der Waals surface area contributed by atoms with Crippen LogP contribution in [0.4, 0.5) is 10.1 Å². The number of likely N-dealkylation sites (tertiary alicyclic amines) is 1. The summed E-state index contributed by atoms with van der Waals surface area (Å²) in [5, 5.41) is 3.13. The zero-order chi connectivity index (χ0) is 23.5. The maximum Gasteiger partial charge on any atom is 0.258 e. The fourth-order valence-corrected chi connectivity index (χ4v) is 5.09. The van der Waals surface area contributed by atoms with E-state index in [1.54, 1.807) is 11.0 Å². The van der Waals surface area contributed by atoms with Crippen LogP contribution in [0.5, 0.6) is 0 Å². The highest BCUT2D eigenvalue weighted by Crippen LogP contribution is 2.35. The van der Waals surface area contributed by atoms with Gasteiger partial charge in [0.05, 0.1) is 10.6 Å². The van der Waals surface area contributed by atoms with Crippen LogP contribution in [0.2, 0.25) is 5.02 Å². The minimum absolute atomic E-state index is 0.0119. The molecule has 2 aromatic carbocycles. The molecule has 4 rings (SSSR count). The first-order chi connectivity index (χ1) is 15.8. The number of carbonyl (C=O) groups excluding carboxylic acids is 2. The lowest BCUT2D eigenvalue weighted by Crippen LogP contribution is -2.34. The van der Waals surface area contributed by atoms with Gasteiger partial charge >= 0.3 is 0 Å². The van der Waals surface area contributed by atoms with Crippen LogP contribution in [0.1, 0.15) is 36.2 Å². The molecule has 7 heteroatoms. The van der Waals surface area contributed by atoms with Gasteiger partial charge in [-0.1, -0.05) is 43.6 Å². The molecule has 0 spiro atoms. The van der Waals surface area contributed by atoms with E-state index in [0.717, 1.165) is 25.9 Å². The first-order valence-corrected chi connectivity index (χ1v) is 12.1. The lowest BCUT2D eigenvalue weighted by Gasteiger charge is -2.24. The zero-order valence-corrected chi connectivity index (χ0v) is 19.9. The van der Waals surface area contributed by atoms with Gasteiger partial charge in [-0.3, -0.25) is 9.59 Å². The Hall–Kier alpha value is -2.60. The molecule has 33 heavy (non-hydrogen) atoms. The van der Waals surface area contributed by atoms with E-state index >= 15 is 0 Å². The van der Waals surface area contributed by atoms with Gasteiger partial charge in [-0.05, 0) is 42.7 Å². The maximum absolute atomic E-state index is 14.2. The predicted octanol–water partition coefficient (Wildman–Crippen LogP) is 4.39. The Labute approximate surface area is 199 Å². The third-order valence-electron chi connectivity index (χ3n) is 6.69. The van der Waals surface area contributed by atoms with Gasteiger partial charge in [0.1, 0.15) is 5.82 Å². The van der Waals surface area contributed by atoms with E-state index in [1.165, 1.54) is 23.4 Å².